The molecule has 0 unspecified atom stereocenters. The van der Waals surface area contributed by atoms with Crippen molar-refractivity contribution < 1.29 is 0 Å². The highest BCUT2D eigenvalue weighted by Crippen LogP contribution is 2.24. The Morgan fingerprint density at radius 3 is 2.64 bits per heavy atom. The maximum Gasteiger partial charge on any atom is 0.0579 e. The van der Waals surface area contributed by atoms with Gasteiger partial charge in [0.1, 0.15) is 0 Å². The lowest BCUT2D eigenvalue weighted by Gasteiger charge is -2.11. The van der Waals surface area contributed by atoms with Crippen molar-refractivity contribution >= 4 is 11.4 Å². The molecule has 0 heterocycles. The number of aryl methyl sites for hydroxylation is 2. The highest BCUT2D eigenvalue weighted by Gasteiger charge is 2.03. The fraction of sp³-hybridized carbons (Fsp3) is 0.500. The average molecular weight is 192 g/mol. The summed E-state index contributed by atoms with van der Waals surface area (Å²) in [6.07, 6.45) is 3.62. The highest BCUT2D eigenvalue weighted by atomic mass is 14.8. The Kier molecular flexibility index (Phi) is 3.81. The molecule has 0 amide bonds. The van der Waals surface area contributed by atoms with Crippen molar-refractivity contribution in [3.05, 3.63) is 23.3 Å². The third kappa shape index (κ3) is 2.41. The maximum atomic E-state index is 5.93. The van der Waals surface area contributed by atoms with Crippen molar-refractivity contribution in [3.8, 4) is 0 Å². The van der Waals surface area contributed by atoms with E-state index in [1.54, 1.807) is 0 Å². The van der Waals surface area contributed by atoms with E-state index in [1.807, 2.05) is 7.05 Å². The molecule has 78 valence electrons. The molecular weight excluding hydrogens is 172 g/mol. The van der Waals surface area contributed by atoms with Gasteiger partial charge in [-0.25, -0.2) is 0 Å². The molecular formula is C12H20N2. The molecule has 0 aliphatic carbocycles. The minimum atomic E-state index is 0.868. The van der Waals surface area contributed by atoms with Crippen LogP contribution in [0, 0.1) is 6.92 Å². The van der Waals surface area contributed by atoms with E-state index in [4.69, 9.17) is 5.73 Å². The molecule has 0 aliphatic rings. The van der Waals surface area contributed by atoms with Crippen LogP contribution >= 0.6 is 0 Å². The molecule has 0 radical (unpaired) electrons. The maximum absolute atomic E-state index is 5.93. The Hall–Kier alpha value is -1.18. The van der Waals surface area contributed by atoms with Crippen molar-refractivity contribution in [2.45, 2.75) is 33.1 Å². The summed E-state index contributed by atoms with van der Waals surface area (Å²) in [6.45, 7) is 4.27. The van der Waals surface area contributed by atoms with Crippen molar-refractivity contribution in [1.29, 1.82) is 0 Å². The molecule has 0 aromatic heterocycles. The van der Waals surface area contributed by atoms with Crippen molar-refractivity contribution in [2.24, 2.45) is 0 Å². The molecule has 0 atom stereocenters. The van der Waals surface area contributed by atoms with Gasteiger partial charge in [0.25, 0.3) is 0 Å². The van der Waals surface area contributed by atoms with E-state index in [9.17, 15) is 0 Å². The number of anilines is 2. The molecule has 0 spiro atoms. The zero-order chi connectivity index (χ0) is 10.6. The minimum Gasteiger partial charge on any atom is -0.397 e. The zero-order valence-corrected chi connectivity index (χ0v) is 9.35. The van der Waals surface area contributed by atoms with Crippen LogP contribution in [0.2, 0.25) is 0 Å². The Morgan fingerprint density at radius 1 is 1.36 bits per heavy atom. The second-order valence-corrected chi connectivity index (χ2v) is 3.73. The van der Waals surface area contributed by atoms with E-state index in [0.717, 1.165) is 17.8 Å². The number of nitrogens with two attached hydrogens (primary N) is 1. The summed E-state index contributed by atoms with van der Waals surface area (Å²) >= 11 is 0. The van der Waals surface area contributed by atoms with Gasteiger partial charge in [-0.3, -0.25) is 0 Å². The predicted molar refractivity (Wildman–Crippen MR) is 63.8 cm³/mol. The number of benzene rings is 1. The van der Waals surface area contributed by atoms with Crippen LogP contribution in [0.4, 0.5) is 11.4 Å². The first kappa shape index (κ1) is 10.9. The summed E-state index contributed by atoms with van der Waals surface area (Å²) in [5.41, 5.74) is 10.4. The number of unbranched alkanes of at least 4 members (excludes halogenated alkanes) is 1. The van der Waals surface area contributed by atoms with E-state index in [0.29, 0.717) is 0 Å². The number of hydrogen-bond acceptors (Lipinski definition) is 2. The average Bonchev–Trinajstić information content (AvgIpc) is 2.19. The Morgan fingerprint density at radius 2 is 2.07 bits per heavy atom. The molecule has 1 aromatic carbocycles. The van der Waals surface area contributed by atoms with Crippen molar-refractivity contribution in [1.82, 2.24) is 0 Å². The van der Waals surface area contributed by atoms with Crippen LogP contribution in [-0.4, -0.2) is 7.05 Å². The van der Waals surface area contributed by atoms with E-state index in [1.165, 1.54) is 24.0 Å². The van der Waals surface area contributed by atoms with Crippen LogP contribution in [0.3, 0.4) is 0 Å². The Bertz CT molecular complexity index is 305. The van der Waals surface area contributed by atoms with Gasteiger partial charge in [-0.1, -0.05) is 19.4 Å². The summed E-state index contributed by atoms with van der Waals surface area (Å²) in [5, 5.41) is 3.13. The van der Waals surface area contributed by atoms with Crippen LogP contribution in [0.25, 0.3) is 0 Å². The third-order valence-corrected chi connectivity index (χ3v) is 2.53. The molecule has 2 nitrogen and oxygen atoms in total. The minimum absolute atomic E-state index is 0.868. The standard InChI is InChI=1S/C12H20N2/c1-4-5-6-10-7-9(2)12(13)11(8-10)14-3/h7-8,14H,4-6,13H2,1-3H3. The monoisotopic (exact) mass is 192 g/mol. The molecule has 0 bridgehead atoms. The highest BCUT2D eigenvalue weighted by molar-refractivity contribution is 5.70. The second-order valence-electron chi connectivity index (χ2n) is 3.73. The largest absolute Gasteiger partial charge is 0.397 e. The van der Waals surface area contributed by atoms with Crippen molar-refractivity contribution in [2.75, 3.05) is 18.1 Å². The van der Waals surface area contributed by atoms with Crippen LogP contribution < -0.4 is 11.1 Å². The van der Waals surface area contributed by atoms with E-state index < -0.39 is 0 Å². The first-order valence-electron chi connectivity index (χ1n) is 5.25. The van der Waals surface area contributed by atoms with E-state index in [-0.39, 0.29) is 0 Å². The quantitative estimate of drug-likeness (QED) is 0.720. The smallest absolute Gasteiger partial charge is 0.0579 e. The topological polar surface area (TPSA) is 38.0 Å². The molecule has 3 N–H and O–H groups in total. The lowest BCUT2D eigenvalue weighted by atomic mass is 10.0. The molecule has 2 heteroatoms. The lowest BCUT2D eigenvalue weighted by molar-refractivity contribution is 0.795. The van der Waals surface area contributed by atoms with Crippen LogP contribution in [0.5, 0.6) is 0 Å². The summed E-state index contributed by atoms with van der Waals surface area (Å²) in [7, 11) is 1.91. The number of rotatable bonds is 4. The van der Waals surface area contributed by atoms with Crippen LogP contribution in [0.15, 0.2) is 12.1 Å². The molecule has 0 saturated carbocycles. The second kappa shape index (κ2) is 4.89. The Labute approximate surface area is 86.5 Å². The van der Waals surface area contributed by atoms with Crippen molar-refractivity contribution in [3.63, 3.8) is 0 Å². The summed E-state index contributed by atoms with van der Waals surface area (Å²) in [4.78, 5) is 0. The number of nitrogen functional groups attached to an aromatic ring is 1. The molecule has 1 aromatic rings. The van der Waals surface area contributed by atoms with Crippen LogP contribution in [0.1, 0.15) is 30.9 Å². The van der Waals surface area contributed by atoms with Gasteiger partial charge in [0.2, 0.25) is 0 Å². The first-order valence-corrected chi connectivity index (χ1v) is 5.25. The number of hydrogen-bond donors (Lipinski definition) is 2. The summed E-state index contributed by atoms with van der Waals surface area (Å²) in [6, 6.07) is 4.34. The SMILES string of the molecule is CCCCc1cc(C)c(N)c(NC)c1. The molecule has 0 saturated heterocycles. The fourth-order valence-corrected chi connectivity index (χ4v) is 1.61. The van der Waals surface area contributed by atoms with Gasteiger partial charge < -0.3 is 11.1 Å². The van der Waals surface area contributed by atoms with Gasteiger partial charge in [-0.05, 0) is 37.0 Å². The van der Waals surface area contributed by atoms with E-state index >= 15 is 0 Å². The third-order valence-electron chi connectivity index (χ3n) is 2.53. The first-order chi connectivity index (χ1) is 6.69. The molecule has 14 heavy (non-hydrogen) atoms. The molecule has 0 aliphatic heterocycles. The predicted octanol–water partition coefficient (Wildman–Crippen LogP) is 2.96. The fourth-order valence-electron chi connectivity index (χ4n) is 1.61. The number of nitrogens with one attached hydrogen (secondary N) is 1. The van der Waals surface area contributed by atoms with Gasteiger partial charge in [-0.15, -0.1) is 0 Å². The summed E-state index contributed by atoms with van der Waals surface area (Å²) < 4.78 is 0. The van der Waals surface area contributed by atoms with Crippen LogP contribution in [-0.2, 0) is 6.42 Å². The summed E-state index contributed by atoms with van der Waals surface area (Å²) in [5.74, 6) is 0. The molecule has 0 fully saturated rings. The van der Waals surface area contributed by atoms with Gasteiger partial charge in [-0.2, -0.15) is 0 Å². The lowest BCUT2D eigenvalue weighted by Crippen LogP contribution is -2.00. The van der Waals surface area contributed by atoms with Gasteiger partial charge in [0.15, 0.2) is 0 Å². The van der Waals surface area contributed by atoms with E-state index in [2.05, 4.69) is 31.3 Å². The van der Waals surface area contributed by atoms with Gasteiger partial charge in [0, 0.05) is 7.05 Å². The van der Waals surface area contributed by atoms with Gasteiger partial charge in [0.05, 0.1) is 11.4 Å². The zero-order valence-electron chi connectivity index (χ0n) is 9.35. The van der Waals surface area contributed by atoms with Gasteiger partial charge >= 0.3 is 0 Å². The Balaban J connectivity index is 2.91. The molecule has 1 rings (SSSR count). The normalized spacial score (nSPS) is 10.2.